The lowest BCUT2D eigenvalue weighted by Crippen LogP contribution is -2.31. The van der Waals surface area contributed by atoms with Gasteiger partial charge in [0.1, 0.15) is 4.88 Å². The number of aryl methyl sites for hydroxylation is 2. The molecule has 1 aliphatic carbocycles. The van der Waals surface area contributed by atoms with Crippen LogP contribution in [0.3, 0.4) is 0 Å². The normalized spacial score (nSPS) is 14.1. The summed E-state index contributed by atoms with van der Waals surface area (Å²) >= 11 is 1.49. The number of rotatable bonds is 7. The van der Waals surface area contributed by atoms with Gasteiger partial charge in [0.05, 0.1) is 6.04 Å². The molecule has 2 aromatic rings. The van der Waals surface area contributed by atoms with E-state index in [0.717, 1.165) is 31.2 Å². The van der Waals surface area contributed by atoms with Crippen LogP contribution in [0.25, 0.3) is 0 Å². The van der Waals surface area contributed by atoms with E-state index in [1.54, 1.807) is 0 Å². The number of hydrogen-bond donors (Lipinski definition) is 1. The average molecular weight is 386 g/mol. The van der Waals surface area contributed by atoms with Gasteiger partial charge >= 0.3 is 5.97 Å². The number of esters is 1. The van der Waals surface area contributed by atoms with Gasteiger partial charge in [-0.15, -0.1) is 11.3 Å². The minimum Gasteiger partial charge on any atom is -0.451 e. The Morgan fingerprint density at radius 3 is 2.56 bits per heavy atom. The third-order valence-electron chi connectivity index (χ3n) is 4.78. The summed E-state index contributed by atoms with van der Waals surface area (Å²) in [6.07, 6.45) is 4.28. The van der Waals surface area contributed by atoms with Gasteiger partial charge in [-0.2, -0.15) is 0 Å². The van der Waals surface area contributed by atoms with Gasteiger partial charge in [0.25, 0.3) is 5.91 Å². The minimum atomic E-state index is -0.407. The first-order valence-electron chi connectivity index (χ1n) is 9.59. The molecule has 1 atom stereocenters. The van der Waals surface area contributed by atoms with E-state index in [0.29, 0.717) is 10.8 Å². The Balaban J connectivity index is 1.47. The van der Waals surface area contributed by atoms with Crippen molar-refractivity contribution in [1.82, 2.24) is 5.32 Å². The number of thiophene rings is 1. The molecule has 144 valence electrons. The quantitative estimate of drug-likeness (QED) is 0.716. The van der Waals surface area contributed by atoms with E-state index < -0.39 is 5.97 Å². The molecule has 3 rings (SSSR count). The van der Waals surface area contributed by atoms with Crippen molar-refractivity contribution in [2.75, 3.05) is 6.61 Å². The fourth-order valence-electron chi connectivity index (χ4n) is 3.41. The van der Waals surface area contributed by atoms with E-state index in [1.807, 2.05) is 25.1 Å². The van der Waals surface area contributed by atoms with Crippen molar-refractivity contribution in [1.29, 1.82) is 0 Å². The number of carbonyl (C=O) groups is 2. The van der Waals surface area contributed by atoms with Crippen LogP contribution in [0.1, 0.15) is 64.5 Å². The molecule has 1 aromatic heterocycles. The molecule has 0 spiro atoms. The SMILES string of the molecule is CC(C)Cc1ccc([C@H](C)NC(=O)COC(=O)c2cc3c(s2)CCC3)cc1. The van der Waals surface area contributed by atoms with Crippen molar-refractivity contribution in [3.8, 4) is 0 Å². The average Bonchev–Trinajstić information content (AvgIpc) is 3.21. The lowest BCUT2D eigenvalue weighted by molar-refractivity contribution is -0.124. The summed E-state index contributed by atoms with van der Waals surface area (Å²) in [4.78, 5) is 26.2. The largest absolute Gasteiger partial charge is 0.451 e. The van der Waals surface area contributed by atoms with Gasteiger partial charge in [-0.05, 0) is 61.3 Å². The van der Waals surface area contributed by atoms with Crippen LogP contribution in [0.15, 0.2) is 30.3 Å². The Morgan fingerprint density at radius 2 is 1.89 bits per heavy atom. The molecule has 1 aromatic carbocycles. The molecule has 0 saturated carbocycles. The van der Waals surface area contributed by atoms with Crippen molar-refractivity contribution in [2.24, 2.45) is 5.92 Å². The summed E-state index contributed by atoms with van der Waals surface area (Å²) in [7, 11) is 0. The molecule has 1 heterocycles. The van der Waals surface area contributed by atoms with Crippen molar-refractivity contribution < 1.29 is 14.3 Å². The van der Waals surface area contributed by atoms with E-state index in [2.05, 4.69) is 31.3 Å². The third kappa shape index (κ3) is 5.19. The second-order valence-corrected chi connectivity index (χ2v) is 8.75. The topological polar surface area (TPSA) is 55.4 Å². The standard InChI is InChI=1S/C22H27NO3S/c1-14(2)11-16-7-9-17(10-8-16)15(3)23-21(24)13-26-22(25)20-12-18-5-4-6-19(18)27-20/h7-10,12,14-15H,4-6,11,13H2,1-3H3,(H,23,24)/t15-/m0/s1. The van der Waals surface area contributed by atoms with Crippen LogP contribution < -0.4 is 5.32 Å². The number of fused-ring (bicyclic) bond motifs is 1. The van der Waals surface area contributed by atoms with E-state index in [9.17, 15) is 9.59 Å². The zero-order valence-electron chi connectivity index (χ0n) is 16.2. The Kier molecular flexibility index (Phi) is 6.32. The summed E-state index contributed by atoms with van der Waals surface area (Å²) in [5.74, 6) is -0.0753. The number of carbonyl (C=O) groups excluding carboxylic acids is 2. The molecule has 27 heavy (non-hydrogen) atoms. The molecule has 0 saturated heterocycles. The summed E-state index contributed by atoms with van der Waals surface area (Å²) < 4.78 is 5.19. The maximum Gasteiger partial charge on any atom is 0.348 e. The van der Waals surface area contributed by atoms with Crippen LogP contribution in [0.5, 0.6) is 0 Å². The second kappa shape index (κ2) is 8.70. The Morgan fingerprint density at radius 1 is 1.15 bits per heavy atom. The zero-order valence-corrected chi connectivity index (χ0v) is 17.0. The van der Waals surface area contributed by atoms with Gasteiger partial charge in [0, 0.05) is 4.88 Å². The van der Waals surface area contributed by atoms with Crippen LogP contribution in [-0.4, -0.2) is 18.5 Å². The van der Waals surface area contributed by atoms with Crippen LogP contribution in [-0.2, 0) is 28.8 Å². The highest BCUT2D eigenvalue weighted by Crippen LogP contribution is 2.30. The number of benzene rings is 1. The summed E-state index contributed by atoms with van der Waals surface area (Å²) in [5.41, 5.74) is 3.59. The predicted octanol–water partition coefficient (Wildman–Crippen LogP) is 4.47. The fraction of sp³-hybridized carbons (Fsp3) is 0.455. The summed E-state index contributed by atoms with van der Waals surface area (Å²) in [6, 6.07) is 10.1. The minimum absolute atomic E-state index is 0.130. The first-order valence-corrected chi connectivity index (χ1v) is 10.4. The fourth-order valence-corrected chi connectivity index (χ4v) is 4.56. The Labute approximate surface area is 164 Å². The van der Waals surface area contributed by atoms with E-state index in [1.165, 1.54) is 27.3 Å². The summed E-state index contributed by atoms with van der Waals surface area (Å²) in [5, 5.41) is 2.89. The monoisotopic (exact) mass is 385 g/mol. The second-order valence-electron chi connectivity index (χ2n) is 7.62. The first kappa shape index (κ1) is 19.6. The van der Waals surface area contributed by atoms with E-state index in [-0.39, 0.29) is 18.6 Å². The molecule has 0 fully saturated rings. The first-order chi connectivity index (χ1) is 12.9. The van der Waals surface area contributed by atoms with Gasteiger partial charge in [-0.1, -0.05) is 38.1 Å². The highest BCUT2D eigenvalue weighted by atomic mass is 32.1. The molecule has 0 bridgehead atoms. The highest BCUT2D eigenvalue weighted by molar-refractivity contribution is 7.14. The molecule has 0 aliphatic heterocycles. The molecule has 0 unspecified atom stereocenters. The lowest BCUT2D eigenvalue weighted by Gasteiger charge is -2.15. The van der Waals surface area contributed by atoms with Gasteiger partial charge in [-0.3, -0.25) is 4.79 Å². The van der Waals surface area contributed by atoms with Gasteiger partial charge in [0.15, 0.2) is 6.61 Å². The summed E-state index contributed by atoms with van der Waals surface area (Å²) in [6.45, 7) is 6.07. The third-order valence-corrected chi connectivity index (χ3v) is 6.00. The predicted molar refractivity (Wildman–Crippen MR) is 108 cm³/mol. The lowest BCUT2D eigenvalue weighted by atomic mass is 10.00. The van der Waals surface area contributed by atoms with Crippen LogP contribution >= 0.6 is 11.3 Å². The van der Waals surface area contributed by atoms with Crippen LogP contribution in [0.4, 0.5) is 0 Å². The molecule has 4 nitrogen and oxygen atoms in total. The molecule has 1 N–H and O–H groups in total. The maximum atomic E-state index is 12.1. The van der Waals surface area contributed by atoms with Crippen LogP contribution in [0.2, 0.25) is 0 Å². The van der Waals surface area contributed by atoms with Gasteiger partial charge in [-0.25, -0.2) is 4.79 Å². The van der Waals surface area contributed by atoms with Crippen LogP contribution in [0, 0.1) is 5.92 Å². The highest BCUT2D eigenvalue weighted by Gasteiger charge is 2.20. The number of amides is 1. The number of hydrogen-bond acceptors (Lipinski definition) is 4. The molecule has 5 heteroatoms. The molecule has 1 aliphatic rings. The van der Waals surface area contributed by atoms with E-state index >= 15 is 0 Å². The van der Waals surface area contributed by atoms with Crippen molar-refractivity contribution >= 4 is 23.2 Å². The Bertz CT molecular complexity index is 786. The molecule has 0 radical (unpaired) electrons. The zero-order chi connectivity index (χ0) is 19.4. The molecular formula is C22H27NO3S. The van der Waals surface area contributed by atoms with Crippen molar-refractivity contribution in [2.45, 2.75) is 52.5 Å². The van der Waals surface area contributed by atoms with E-state index in [4.69, 9.17) is 4.74 Å². The van der Waals surface area contributed by atoms with Crippen molar-refractivity contribution in [3.63, 3.8) is 0 Å². The number of nitrogens with one attached hydrogen (secondary N) is 1. The molecular weight excluding hydrogens is 358 g/mol. The maximum absolute atomic E-state index is 12.1. The molecule has 1 amide bonds. The smallest absolute Gasteiger partial charge is 0.348 e. The van der Waals surface area contributed by atoms with Gasteiger partial charge < -0.3 is 10.1 Å². The number of ether oxygens (including phenoxy) is 1. The van der Waals surface area contributed by atoms with Gasteiger partial charge in [0.2, 0.25) is 0 Å². The van der Waals surface area contributed by atoms with Crippen molar-refractivity contribution in [3.05, 3.63) is 56.8 Å². The Hall–Kier alpha value is -2.14.